The topological polar surface area (TPSA) is 64.3 Å². The molecule has 3 N–H and O–H groups in total. The Kier molecular flexibility index (Phi) is 6.39. The highest BCUT2D eigenvalue weighted by Crippen LogP contribution is 2.14. The van der Waals surface area contributed by atoms with E-state index in [4.69, 9.17) is 10.6 Å². The maximum absolute atomic E-state index is 11.3. The zero-order valence-electron chi connectivity index (χ0n) is 11.1. The predicted octanol–water partition coefficient (Wildman–Crippen LogP) is 1.83. The van der Waals surface area contributed by atoms with Gasteiger partial charge < -0.3 is 4.74 Å². The largest absolute Gasteiger partial charge is 0.494 e. The van der Waals surface area contributed by atoms with Gasteiger partial charge in [0.25, 0.3) is 0 Å². The van der Waals surface area contributed by atoms with Gasteiger partial charge in [-0.15, -0.1) is 0 Å². The molecular formula is C14H22N2O2. The monoisotopic (exact) mass is 250 g/mol. The van der Waals surface area contributed by atoms with Crippen LogP contribution in [0.5, 0.6) is 5.75 Å². The first-order chi connectivity index (χ1) is 8.67. The van der Waals surface area contributed by atoms with E-state index in [1.54, 1.807) is 0 Å². The number of nitrogens with one attached hydrogen (secondary N) is 1. The molecular weight excluding hydrogens is 228 g/mol. The van der Waals surface area contributed by atoms with Crippen molar-refractivity contribution < 1.29 is 9.53 Å². The summed E-state index contributed by atoms with van der Waals surface area (Å²) in [6.45, 7) is 4.41. The fourth-order valence-corrected chi connectivity index (χ4v) is 1.61. The minimum atomic E-state index is -0.322. The molecule has 4 nitrogen and oxygen atoms in total. The lowest BCUT2D eigenvalue weighted by Gasteiger charge is -2.12. The Morgan fingerprint density at radius 2 is 2.06 bits per heavy atom. The zero-order valence-corrected chi connectivity index (χ0v) is 11.1. The third-order valence-electron chi connectivity index (χ3n) is 2.82. The van der Waals surface area contributed by atoms with Gasteiger partial charge in [-0.2, -0.15) is 0 Å². The van der Waals surface area contributed by atoms with Crippen molar-refractivity contribution in [3.05, 3.63) is 29.8 Å². The van der Waals surface area contributed by atoms with E-state index in [1.807, 2.05) is 24.3 Å². The van der Waals surface area contributed by atoms with Crippen LogP contribution in [0, 0.1) is 0 Å². The van der Waals surface area contributed by atoms with Crippen molar-refractivity contribution in [3.8, 4) is 5.75 Å². The van der Waals surface area contributed by atoms with E-state index >= 15 is 0 Å². The zero-order chi connectivity index (χ0) is 13.4. The Labute approximate surface area is 108 Å². The van der Waals surface area contributed by atoms with E-state index in [2.05, 4.69) is 12.3 Å². The van der Waals surface area contributed by atoms with Gasteiger partial charge in [-0.3, -0.25) is 10.6 Å². The molecule has 18 heavy (non-hydrogen) atoms. The van der Waals surface area contributed by atoms with E-state index in [1.165, 1.54) is 6.92 Å². The first kappa shape index (κ1) is 14.7. The Morgan fingerprint density at radius 3 is 2.56 bits per heavy atom. The molecule has 0 radical (unpaired) electrons. The maximum atomic E-state index is 11.3. The van der Waals surface area contributed by atoms with E-state index < -0.39 is 0 Å². The summed E-state index contributed by atoms with van der Waals surface area (Å²) < 4.78 is 5.57. The lowest BCUT2D eigenvalue weighted by molar-refractivity contribution is -0.118. The number of unbranched alkanes of at least 4 members (excludes halogenated alkanes) is 1. The molecule has 4 heteroatoms. The van der Waals surface area contributed by atoms with Crippen LogP contribution >= 0.6 is 0 Å². The van der Waals surface area contributed by atoms with Crippen molar-refractivity contribution in [1.29, 1.82) is 0 Å². The molecule has 100 valence electrons. The van der Waals surface area contributed by atoms with Gasteiger partial charge in [0, 0.05) is 0 Å². The minimum absolute atomic E-state index is 0.0424. The maximum Gasteiger partial charge on any atom is 0.148 e. The first-order valence-corrected chi connectivity index (χ1v) is 6.35. The van der Waals surface area contributed by atoms with Gasteiger partial charge in [0.15, 0.2) is 0 Å². The first-order valence-electron chi connectivity index (χ1n) is 6.35. The van der Waals surface area contributed by atoms with E-state index in [-0.39, 0.29) is 11.8 Å². The second-order valence-corrected chi connectivity index (χ2v) is 4.38. The van der Waals surface area contributed by atoms with E-state index in [9.17, 15) is 4.79 Å². The molecule has 0 saturated heterocycles. The van der Waals surface area contributed by atoms with Crippen molar-refractivity contribution in [1.82, 2.24) is 5.43 Å². The summed E-state index contributed by atoms with van der Waals surface area (Å²) in [4.78, 5) is 11.3. The number of hydrogen-bond donors (Lipinski definition) is 2. The molecule has 0 aromatic heterocycles. The Morgan fingerprint density at radius 1 is 1.39 bits per heavy atom. The molecule has 1 aromatic carbocycles. The predicted molar refractivity (Wildman–Crippen MR) is 72.3 cm³/mol. The van der Waals surface area contributed by atoms with Gasteiger partial charge in [-0.05, 0) is 37.5 Å². The summed E-state index contributed by atoms with van der Waals surface area (Å²) in [6, 6.07) is 7.47. The summed E-state index contributed by atoms with van der Waals surface area (Å²) in [6.07, 6.45) is 2.78. The molecule has 0 unspecified atom stereocenters. The quantitative estimate of drug-likeness (QED) is 0.420. The fraction of sp³-hybridized carbons (Fsp3) is 0.500. The van der Waals surface area contributed by atoms with Crippen LogP contribution in [0.1, 0.15) is 32.3 Å². The third kappa shape index (κ3) is 4.85. The molecule has 1 aromatic rings. The van der Waals surface area contributed by atoms with Crippen LogP contribution in [-0.2, 0) is 11.2 Å². The lowest BCUT2D eigenvalue weighted by Crippen LogP contribution is -2.41. The standard InChI is InChI=1S/C14H22N2O2/c1-3-4-9-18-13-7-5-12(6-8-13)10-14(16-15)11(2)17/h5-8,14,16H,3-4,9-10,15H2,1-2H3/t14-/m1/s1. The van der Waals surface area contributed by atoms with Gasteiger partial charge in [0.1, 0.15) is 11.5 Å². The van der Waals surface area contributed by atoms with Gasteiger partial charge in [-0.1, -0.05) is 25.5 Å². The van der Waals surface area contributed by atoms with Crippen molar-refractivity contribution in [2.75, 3.05) is 6.61 Å². The van der Waals surface area contributed by atoms with Crippen molar-refractivity contribution in [3.63, 3.8) is 0 Å². The van der Waals surface area contributed by atoms with Gasteiger partial charge in [0.2, 0.25) is 0 Å². The number of hydrogen-bond acceptors (Lipinski definition) is 4. The van der Waals surface area contributed by atoms with Crippen LogP contribution in [-0.4, -0.2) is 18.4 Å². The number of hydrazine groups is 1. The van der Waals surface area contributed by atoms with Crippen molar-refractivity contribution in [2.24, 2.45) is 5.84 Å². The summed E-state index contributed by atoms with van der Waals surface area (Å²) in [7, 11) is 0. The molecule has 0 bridgehead atoms. The number of carbonyl (C=O) groups excluding carboxylic acids is 1. The van der Waals surface area contributed by atoms with Crippen LogP contribution in [0.25, 0.3) is 0 Å². The van der Waals surface area contributed by atoms with E-state index in [0.29, 0.717) is 6.42 Å². The average molecular weight is 250 g/mol. The molecule has 0 aliphatic rings. The SMILES string of the molecule is CCCCOc1ccc(C[C@@H](NN)C(C)=O)cc1. The molecule has 0 spiro atoms. The van der Waals surface area contributed by atoms with Crippen LogP contribution in [0.3, 0.4) is 0 Å². The smallest absolute Gasteiger partial charge is 0.148 e. The number of carbonyl (C=O) groups is 1. The highest BCUT2D eigenvalue weighted by Gasteiger charge is 2.12. The number of ether oxygens (including phenoxy) is 1. The van der Waals surface area contributed by atoms with Crippen molar-refractivity contribution in [2.45, 2.75) is 39.2 Å². The normalized spacial score (nSPS) is 12.2. The Hall–Kier alpha value is -1.39. The highest BCUT2D eigenvalue weighted by molar-refractivity contribution is 5.81. The van der Waals surface area contributed by atoms with Crippen LogP contribution in [0.2, 0.25) is 0 Å². The molecule has 0 aliphatic carbocycles. The van der Waals surface area contributed by atoms with Crippen molar-refractivity contribution >= 4 is 5.78 Å². The molecule has 1 rings (SSSR count). The Balaban J connectivity index is 2.51. The summed E-state index contributed by atoms with van der Waals surface area (Å²) in [5, 5.41) is 0. The number of ketones is 1. The number of Topliss-reactive ketones (excluding diaryl/α,β-unsaturated/α-hetero) is 1. The molecule has 0 fully saturated rings. The summed E-state index contributed by atoms with van der Waals surface area (Å²) in [5.41, 5.74) is 3.59. The summed E-state index contributed by atoms with van der Waals surface area (Å²) >= 11 is 0. The average Bonchev–Trinajstić information content (AvgIpc) is 2.37. The molecule has 0 aliphatic heterocycles. The van der Waals surface area contributed by atoms with Gasteiger partial charge in [0.05, 0.1) is 12.6 Å². The number of nitrogens with two attached hydrogens (primary N) is 1. The number of rotatable bonds is 8. The fourth-order valence-electron chi connectivity index (χ4n) is 1.61. The Bertz CT molecular complexity index is 363. The molecule has 0 saturated carbocycles. The second-order valence-electron chi connectivity index (χ2n) is 4.38. The minimum Gasteiger partial charge on any atom is -0.494 e. The van der Waals surface area contributed by atoms with Gasteiger partial charge >= 0.3 is 0 Å². The van der Waals surface area contributed by atoms with Gasteiger partial charge in [-0.25, -0.2) is 5.43 Å². The second kappa shape index (κ2) is 7.84. The van der Waals surface area contributed by atoms with Crippen LogP contribution in [0.4, 0.5) is 0 Å². The lowest BCUT2D eigenvalue weighted by atomic mass is 10.0. The summed E-state index contributed by atoms with van der Waals surface area (Å²) in [5.74, 6) is 6.25. The molecule has 0 heterocycles. The van der Waals surface area contributed by atoms with Crippen LogP contribution in [0.15, 0.2) is 24.3 Å². The number of benzene rings is 1. The molecule has 0 amide bonds. The highest BCUT2D eigenvalue weighted by atomic mass is 16.5. The van der Waals surface area contributed by atoms with E-state index in [0.717, 1.165) is 30.8 Å². The van der Waals surface area contributed by atoms with Crippen LogP contribution < -0.4 is 16.0 Å². The molecule has 1 atom stereocenters. The third-order valence-corrected chi connectivity index (χ3v) is 2.82.